The molecule has 1 unspecified atom stereocenters. The Balaban J connectivity index is 1.55. The summed E-state index contributed by atoms with van der Waals surface area (Å²) in [6, 6.07) is 11.7. The number of rotatable bonds is 6. The highest BCUT2D eigenvalue weighted by atomic mass is 16.5. The number of fused-ring (bicyclic) bond motifs is 1. The van der Waals surface area contributed by atoms with Crippen molar-refractivity contribution in [2.24, 2.45) is 0 Å². The normalized spacial score (nSPS) is 13.7. The van der Waals surface area contributed by atoms with Crippen molar-refractivity contribution in [3.05, 3.63) is 59.2 Å². The third-order valence-corrected chi connectivity index (χ3v) is 4.36. The van der Waals surface area contributed by atoms with Crippen LogP contribution in [0.4, 0.5) is 5.69 Å². The summed E-state index contributed by atoms with van der Waals surface area (Å²) >= 11 is 0. The molecule has 140 valence electrons. The summed E-state index contributed by atoms with van der Waals surface area (Å²) in [4.78, 5) is 34.5. The van der Waals surface area contributed by atoms with Crippen LogP contribution in [0.2, 0.25) is 0 Å². The second-order valence-electron chi connectivity index (χ2n) is 6.38. The second kappa shape index (κ2) is 7.90. The minimum Gasteiger partial charge on any atom is -0.482 e. The zero-order valence-electron chi connectivity index (χ0n) is 14.8. The number of carboxylic acids is 1. The van der Waals surface area contributed by atoms with Gasteiger partial charge in [-0.1, -0.05) is 18.2 Å². The Labute approximate surface area is 156 Å². The van der Waals surface area contributed by atoms with E-state index in [1.54, 1.807) is 24.3 Å². The molecule has 1 heterocycles. The highest BCUT2D eigenvalue weighted by Gasteiger charge is 2.18. The first-order chi connectivity index (χ1) is 12.9. The number of amides is 2. The molecule has 0 aromatic heterocycles. The predicted molar refractivity (Wildman–Crippen MR) is 98.8 cm³/mol. The minimum absolute atomic E-state index is 0.00603. The fourth-order valence-electron chi connectivity index (χ4n) is 2.84. The van der Waals surface area contributed by atoms with E-state index >= 15 is 0 Å². The number of carbonyl (C=O) groups excluding carboxylic acids is 2. The zero-order chi connectivity index (χ0) is 19.4. The summed E-state index contributed by atoms with van der Waals surface area (Å²) in [6.45, 7) is 1.87. The highest BCUT2D eigenvalue weighted by molar-refractivity contribution is 5.95. The number of aryl methyl sites for hydroxylation is 1. The fourth-order valence-corrected chi connectivity index (χ4v) is 2.84. The SMILES string of the molecule is CC(NC(=O)CCc1ccc(C(=O)O)cc1)c1ccc2c(c1)NC(=O)CO2. The highest BCUT2D eigenvalue weighted by Crippen LogP contribution is 2.30. The number of benzene rings is 2. The third kappa shape index (κ3) is 4.63. The molecule has 0 fully saturated rings. The van der Waals surface area contributed by atoms with Gasteiger partial charge in [0, 0.05) is 6.42 Å². The van der Waals surface area contributed by atoms with E-state index in [1.807, 2.05) is 13.0 Å². The first-order valence-corrected chi connectivity index (χ1v) is 8.60. The van der Waals surface area contributed by atoms with Gasteiger partial charge in [0.2, 0.25) is 5.91 Å². The molecule has 27 heavy (non-hydrogen) atoms. The molecule has 2 aromatic rings. The topological polar surface area (TPSA) is 105 Å². The number of nitrogens with one attached hydrogen (secondary N) is 2. The number of anilines is 1. The van der Waals surface area contributed by atoms with Crippen LogP contribution in [0.15, 0.2) is 42.5 Å². The van der Waals surface area contributed by atoms with Crippen LogP contribution in [0.1, 0.15) is 40.9 Å². The van der Waals surface area contributed by atoms with E-state index in [9.17, 15) is 14.4 Å². The molecule has 0 spiro atoms. The quantitative estimate of drug-likeness (QED) is 0.727. The molecule has 7 nitrogen and oxygen atoms in total. The van der Waals surface area contributed by atoms with Crippen molar-refractivity contribution in [1.82, 2.24) is 5.32 Å². The summed E-state index contributed by atoms with van der Waals surface area (Å²) < 4.78 is 5.33. The van der Waals surface area contributed by atoms with E-state index in [4.69, 9.17) is 9.84 Å². The molecule has 1 aliphatic rings. The molecule has 2 aromatic carbocycles. The maximum Gasteiger partial charge on any atom is 0.335 e. The van der Waals surface area contributed by atoms with Gasteiger partial charge in [-0.15, -0.1) is 0 Å². The van der Waals surface area contributed by atoms with Crippen molar-refractivity contribution in [3.8, 4) is 5.75 Å². The van der Waals surface area contributed by atoms with E-state index in [1.165, 1.54) is 12.1 Å². The summed E-state index contributed by atoms with van der Waals surface area (Å²) in [6.07, 6.45) is 0.814. The van der Waals surface area contributed by atoms with E-state index in [-0.39, 0.29) is 30.0 Å². The monoisotopic (exact) mass is 368 g/mol. The molecular weight excluding hydrogens is 348 g/mol. The van der Waals surface area contributed by atoms with Crippen molar-refractivity contribution in [2.75, 3.05) is 11.9 Å². The van der Waals surface area contributed by atoms with Gasteiger partial charge >= 0.3 is 5.97 Å². The Kier molecular flexibility index (Phi) is 5.40. The first kappa shape index (κ1) is 18.4. The number of carbonyl (C=O) groups is 3. The zero-order valence-corrected chi connectivity index (χ0v) is 14.8. The van der Waals surface area contributed by atoms with Gasteiger partial charge in [-0.3, -0.25) is 9.59 Å². The number of aromatic carboxylic acids is 1. The molecule has 3 rings (SSSR count). The van der Waals surface area contributed by atoms with Crippen molar-refractivity contribution in [1.29, 1.82) is 0 Å². The number of hydrogen-bond acceptors (Lipinski definition) is 4. The third-order valence-electron chi connectivity index (χ3n) is 4.36. The molecule has 0 bridgehead atoms. The van der Waals surface area contributed by atoms with Crippen molar-refractivity contribution in [3.63, 3.8) is 0 Å². The summed E-state index contributed by atoms with van der Waals surface area (Å²) in [5.74, 6) is -0.672. The standard InChI is InChI=1S/C20H20N2O5/c1-12(15-7-8-17-16(10-15)22-19(24)11-27-17)21-18(23)9-4-13-2-5-14(6-3-13)20(25)26/h2-3,5-8,10,12H,4,9,11H2,1H3,(H,21,23)(H,22,24)(H,25,26). The number of ether oxygens (including phenoxy) is 1. The molecule has 0 saturated carbocycles. The van der Waals surface area contributed by atoms with E-state index < -0.39 is 5.97 Å². The lowest BCUT2D eigenvalue weighted by molar-refractivity contribution is -0.121. The lowest BCUT2D eigenvalue weighted by Gasteiger charge is -2.21. The summed E-state index contributed by atoms with van der Waals surface area (Å²) in [5.41, 5.74) is 2.58. The van der Waals surface area contributed by atoms with Gasteiger partial charge in [0.05, 0.1) is 17.3 Å². The van der Waals surface area contributed by atoms with Crippen LogP contribution >= 0.6 is 0 Å². The van der Waals surface area contributed by atoms with Crippen LogP contribution in [-0.4, -0.2) is 29.5 Å². The average Bonchev–Trinajstić information content (AvgIpc) is 2.66. The van der Waals surface area contributed by atoms with Gasteiger partial charge in [-0.05, 0) is 48.7 Å². The van der Waals surface area contributed by atoms with Crippen LogP contribution in [0.3, 0.4) is 0 Å². The van der Waals surface area contributed by atoms with Gasteiger partial charge in [0.25, 0.3) is 5.91 Å². The van der Waals surface area contributed by atoms with Crippen molar-refractivity contribution < 1.29 is 24.2 Å². The van der Waals surface area contributed by atoms with Crippen LogP contribution in [-0.2, 0) is 16.0 Å². The van der Waals surface area contributed by atoms with Crippen LogP contribution < -0.4 is 15.4 Å². The minimum atomic E-state index is -0.972. The van der Waals surface area contributed by atoms with Gasteiger partial charge in [0.15, 0.2) is 6.61 Å². The van der Waals surface area contributed by atoms with Crippen LogP contribution in [0.25, 0.3) is 0 Å². The molecule has 0 aliphatic carbocycles. The molecule has 3 N–H and O–H groups in total. The lowest BCUT2D eigenvalue weighted by atomic mass is 10.0. The predicted octanol–water partition coefficient (Wildman–Crippen LogP) is 2.53. The van der Waals surface area contributed by atoms with Crippen LogP contribution in [0, 0.1) is 0 Å². The lowest BCUT2D eigenvalue weighted by Crippen LogP contribution is -2.28. The Morgan fingerprint density at radius 2 is 1.96 bits per heavy atom. The maximum absolute atomic E-state index is 12.2. The smallest absolute Gasteiger partial charge is 0.335 e. The van der Waals surface area contributed by atoms with Crippen molar-refractivity contribution >= 4 is 23.5 Å². The first-order valence-electron chi connectivity index (χ1n) is 8.60. The molecule has 1 aliphatic heterocycles. The Morgan fingerprint density at radius 1 is 1.22 bits per heavy atom. The largest absolute Gasteiger partial charge is 0.482 e. The van der Waals surface area contributed by atoms with Gasteiger partial charge in [-0.25, -0.2) is 4.79 Å². The second-order valence-corrected chi connectivity index (χ2v) is 6.38. The summed E-state index contributed by atoms with van der Waals surface area (Å²) in [5, 5.41) is 14.6. The fraction of sp³-hybridized carbons (Fsp3) is 0.250. The van der Waals surface area contributed by atoms with E-state index in [0.29, 0.717) is 24.3 Å². The number of hydrogen-bond donors (Lipinski definition) is 3. The molecular formula is C20H20N2O5. The average molecular weight is 368 g/mol. The van der Waals surface area contributed by atoms with Gasteiger partial charge < -0.3 is 20.5 Å². The van der Waals surface area contributed by atoms with E-state index in [0.717, 1.165) is 11.1 Å². The summed E-state index contributed by atoms with van der Waals surface area (Å²) in [7, 11) is 0. The molecule has 1 atom stereocenters. The van der Waals surface area contributed by atoms with Gasteiger partial charge in [0.1, 0.15) is 5.75 Å². The molecule has 2 amide bonds. The Morgan fingerprint density at radius 3 is 2.67 bits per heavy atom. The molecule has 0 saturated heterocycles. The van der Waals surface area contributed by atoms with Crippen molar-refractivity contribution in [2.45, 2.75) is 25.8 Å². The number of carboxylic acid groups (broad SMARTS) is 1. The van der Waals surface area contributed by atoms with Crippen LogP contribution in [0.5, 0.6) is 5.75 Å². The van der Waals surface area contributed by atoms with Gasteiger partial charge in [-0.2, -0.15) is 0 Å². The van der Waals surface area contributed by atoms with E-state index in [2.05, 4.69) is 10.6 Å². The Hall–Kier alpha value is -3.35. The maximum atomic E-state index is 12.2. The molecule has 0 radical (unpaired) electrons. The Bertz CT molecular complexity index is 876. The molecule has 7 heteroatoms.